The molecule has 4 heteroatoms. The third-order valence-corrected chi connectivity index (χ3v) is 2.48. The molecule has 0 aliphatic carbocycles. The first kappa shape index (κ1) is 14.1. The van der Waals surface area contributed by atoms with Crippen LogP contribution in [0.2, 0.25) is 0 Å². The SMILES string of the molecule is ONCCC#Cc1cccc(Oc2ccc(F)cc2)c1. The summed E-state index contributed by atoms with van der Waals surface area (Å²) in [7, 11) is 0. The zero-order chi connectivity index (χ0) is 14.2. The molecule has 0 saturated heterocycles. The largest absolute Gasteiger partial charge is 0.457 e. The first-order valence-corrected chi connectivity index (χ1v) is 6.17. The first-order chi connectivity index (χ1) is 9.78. The van der Waals surface area contributed by atoms with Crippen LogP contribution in [0.25, 0.3) is 0 Å². The Balaban J connectivity index is 2.05. The van der Waals surface area contributed by atoms with Crippen molar-refractivity contribution in [3.05, 3.63) is 59.9 Å². The van der Waals surface area contributed by atoms with E-state index in [0.717, 1.165) is 5.56 Å². The molecule has 2 aromatic carbocycles. The maximum Gasteiger partial charge on any atom is 0.128 e. The van der Waals surface area contributed by atoms with Crippen molar-refractivity contribution in [3.8, 4) is 23.3 Å². The highest BCUT2D eigenvalue weighted by Gasteiger charge is 1.98. The van der Waals surface area contributed by atoms with Gasteiger partial charge in [0.15, 0.2) is 0 Å². The van der Waals surface area contributed by atoms with Gasteiger partial charge in [0.25, 0.3) is 0 Å². The zero-order valence-corrected chi connectivity index (χ0v) is 10.8. The Morgan fingerprint density at radius 2 is 1.90 bits per heavy atom. The van der Waals surface area contributed by atoms with Gasteiger partial charge in [0, 0.05) is 18.5 Å². The second kappa shape index (κ2) is 7.29. The van der Waals surface area contributed by atoms with E-state index in [4.69, 9.17) is 9.94 Å². The second-order valence-corrected chi connectivity index (χ2v) is 4.04. The number of hydrogen-bond acceptors (Lipinski definition) is 3. The molecule has 2 N–H and O–H groups in total. The molecule has 0 saturated carbocycles. The molecular weight excluding hydrogens is 257 g/mol. The van der Waals surface area contributed by atoms with Gasteiger partial charge in [-0.15, -0.1) is 0 Å². The quantitative estimate of drug-likeness (QED) is 0.509. The van der Waals surface area contributed by atoms with Crippen LogP contribution < -0.4 is 10.2 Å². The lowest BCUT2D eigenvalue weighted by Gasteiger charge is -2.05. The Kier molecular flexibility index (Phi) is 5.13. The molecule has 0 aliphatic rings. The number of benzene rings is 2. The Morgan fingerprint density at radius 3 is 2.65 bits per heavy atom. The average molecular weight is 271 g/mol. The van der Waals surface area contributed by atoms with Crippen LogP contribution in [-0.4, -0.2) is 11.8 Å². The Bertz CT molecular complexity index is 614. The van der Waals surface area contributed by atoms with Gasteiger partial charge in [-0.3, -0.25) is 0 Å². The van der Waals surface area contributed by atoms with E-state index in [9.17, 15) is 4.39 Å². The van der Waals surface area contributed by atoms with E-state index in [0.29, 0.717) is 24.5 Å². The second-order valence-electron chi connectivity index (χ2n) is 4.04. The highest BCUT2D eigenvalue weighted by atomic mass is 19.1. The van der Waals surface area contributed by atoms with E-state index in [1.807, 2.05) is 29.7 Å². The Labute approximate surface area is 117 Å². The van der Waals surface area contributed by atoms with Crippen LogP contribution in [0, 0.1) is 17.7 Å². The molecule has 0 amide bonds. The summed E-state index contributed by atoms with van der Waals surface area (Å²) in [4.78, 5) is 0. The monoisotopic (exact) mass is 271 g/mol. The lowest BCUT2D eigenvalue weighted by Crippen LogP contribution is -2.07. The van der Waals surface area contributed by atoms with E-state index in [1.165, 1.54) is 12.1 Å². The van der Waals surface area contributed by atoms with Gasteiger partial charge < -0.3 is 9.94 Å². The smallest absolute Gasteiger partial charge is 0.128 e. The highest BCUT2D eigenvalue weighted by molar-refractivity contribution is 5.41. The van der Waals surface area contributed by atoms with Gasteiger partial charge >= 0.3 is 0 Å². The van der Waals surface area contributed by atoms with Crippen molar-refractivity contribution in [2.24, 2.45) is 0 Å². The van der Waals surface area contributed by atoms with Crippen molar-refractivity contribution in [3.63, 3.8) is 0 Å². The predicted molar refractivity (Wildman–Crippen MR) is 74.2 cm³/mol. The molecule has 3 nitrogen and oxygen atoms in total. The fourth-order valence-corrected chi connectivity index (χ4v) is 1.56. The van der Waals surface area contributed by atoms with Gasteiger partial charge in [0.05, 0.1) is 0 Å². The van der Waals surface area contributed by atoms with Crippen LogP contribution in [-0.2, 0) is 0 Å². The van der Waals surface area contributed by atoms with Crippen LogP contribution in [0.1, 0.15) is 12.0 Å². The molecule has 0 bridgehead atoms. The topological polar surface area (TPSA) is 41.5 Å². The lowest BCUT2D eigenvalue weighted by atomic mass is 10.2. The summed E-state index contributed by atoms with van der Waals surface area (Å²) in [6.45, 7) is 0.429. The molecule has 0 spiro atoms. The molecule has 2 rings (SSSR count). The Hall–Kier alpha value is -2.35. The van der Waals surface area contributed by atoms with Crippen LogP contribution in [0.4, 0.5) is 4.39 Å². The summed E-state index contributed by atoms with van der Waals surface area (Å²) in [6, 6.07) is 13.2. The van der Waals surface area contributed by atoms with Gasteiger partial charge in [-0.25, -0.2) is 9.87 Å². The molecule has 0 radical (unpaired) electrons. The first-order valence-electron chi connectivity index (χ1n) is 6.17. The van der Waals surface area contributed by atoms with Crippen molar-refractivity contribution < 1.29 is 14.3 Å². The van der Waals surface area contributed by atoms with Crippen molar-refractivity contribution in [2.45, 2.75) is 6.42 Å². The van der Waals surface area contributed by atoms with E-state index in [1.54, 1.807) is 12.1 Å². The number of hydroxylamine groups is 1. The van der Waals surface area contributed by atoms with Crippen LogP contribution >= 0.6 is 0 Å². The minimum Gasteiger partial charge on any atom is -0.457 e. The Morgan fingerprint density at radius 1 is 1.10 bits per heavy atom. The highest BCUT2D eigenvalue weighted by Crippen LogP contribution is 2.22. The molecule has 102 valence electrons. The normalized spacial score (nSPS) is 9.70. The molecular formula is C16H14FNO2. The minimum absolute atomic E-state index is 0.297. The maximum absolute atomic E-state index is 12.8. The van der Waals surface area contributed by atoms with Gasteiger partial charge in [-0.2, -0.15) is 0 Å². The fourth-order valence-electron chi connectivity index (χ4n) is 1.56. The summed E-state index contributed by atoms with van der Waals surface area (Å²) in [5, 5.41) is 8.43. The maximum atomic E-state index is 12.8. The fraction of sp³-hybridized carbons (Fsp3) is 0.125. The molecule has 0 aromatic heterocycles. The third kappa shape index (κ3) is 4.39. The van der Waals surface area contributed by atoms with Gasteiger partial charge in [-0.05, 0) is 42.5 Å². The molecule has 0 heterocycles. The van der Waals surface area contributed by atoms with E-state index in [2.05, 4.69) is 11.8 Å². The van der Waals surface area contributed by atoms with Crippen LogP contribution in [0.15, 0.2) is 48.5 Å². The molecule has 0 aliphatic heterocycles. The zero-order valence-electron chi connectivity index (χ0n) is 10.8. The standard InChI is InChI=1S/C16H14FNO2/c17-14-7-9-15(10-8-14)20-16-6-3-5-13(12-16)4-1-2-11-18-19/h3,5-10,12,18-19H,2,11H2. The van der Waals surface area contributed by atoms with E-state index < -0.39 is 0 Å². The summed E-state index contributed by atoms with van der Waals surface area (Å²) in [6.07, 6.45) is 0.555. The van der Waals surface area contributed by atoms with Crippen LogP contribution in [0.3, 0.4) is 0 Å². The number of ether oxygens (including phenoxy) is 1. The predicted octanol–water partition coefficient (Wildman–Crippen LogP) is 3.34. The lowest BCUT2D eigenvalue weighted by molar-refractivity contribution is 0.169. The molecule has 20 heavy (non-hydrogen) atoms. The summed E-state index contributed by atoms with van der Waals surface area (Å²) in [5.41, 5.74) is 2.87. The molecule has 0 unspecified atom stereocenters. The average Bonchev–Trinajstić information content (AvgIpc) is 2.47. The molecule has 2 aromatic rings. The number of nitrogens with one attached hydrogen (secondary N) is 1. The van der Waals surface area contributed by atoms with Gasteiger partial charge in [-0.1, -0.05) is 17.9 Å². The summed E-state index contributed by atoms with van der Waals surface area (Å²) in [5.74, 6) is 6.81. The van der Waals surface area contributed by atoms with E-state index in [-0.39, 0.29) is 5.82 Å². The third-order valence-electron chi connectivity index (χ3n) is 2.48. The summed E-state index contributed by atoms with van der Waals surface area (Å²) < 4.78 is 18.4. The van der Waals surface area contributed by atoms with E-state index >= 15 is 0 Å². The van der Waals surface area contributed by atoms with Crippen molar-refractivity contribution in [2.75, 3.05) is 6.54 Å². The van der Waals surface area contributed by atoms with Crippen LogP contribution in [0.5, 0.6) is 11.5 Å². The molecule has 0 atom stereocenters. The van der Waals surface area contributed by atoms with Crippen molar-refractivity contribution in [1.82, 2.24) is 5.48 Å². The number of halogens is 1. The number of rotatable bonds is 4. The van der Waals surface area contributed by atoms with Gasteiger partial charge in [0.2, 0.25) is 0 Å². The number of hydrogen-bond donors (Lipinski definition) is 2. The van der Waals surface area contributed by atoms with Crippen molar-refractivity contribution in [1.29, 1.82) is 0 Å². The molecule has 0 fully saturated rings. The summed E-state index contributed by atoms with van der Waals surface area (Å²) >= 11 is 0. The van der Waals surface area contributed by atoms with Gasteiger partial charge in [0.1, 0.15) is 17.3 Å². The minimum atomic E-state index is -0.297. The van der Waals surface area contributed by atoms with Crippen molar-refractivity contribution >= 4 is 0 Å².